The van der Waals surface area contributed by atoms with Crippen LogP contribution < -0.4 is 10.2 Å². The molecule has 0 unspecified atom stereocenters. The number of nitrogens with zero attached hydrogens (tertiary/aromatic N) is 1. The number of carbonyl (C=O) groups excluding carboxylic acids is 2. The zero-order chi connectivity index (χ0) is 17.3. The van der Waals surface area contributed by atoms with E-state index in [4.69, 9.17) is 4.74 Å². The van der Waals surface area contributed by atoms with Crippen LogP contribution in [0.3, 0.4) is 0 Å². The maximum Gasteiger partial charge on any atom is 0.239 e. The number of fused-ring (bicyclic) bond motifs is 7. The van der Waals surface area contributed by atoms with E-state index < -0.39 is 5.41 Å². The molecule has 4 heterocycles. The first-order valence-electron chi connectivity index (χ1n) is 9.00. The Morgan fingerprint density at radius 3 is 2.96 bits per heavy atom. The van der Waals surface area contributed by atoms with Gasteiger partial charge in [-0.1, -0.05) is 18.2 Å². The van der Waals surface area contributed by atoms with E-state index in [1.807, 2.05) is 25.2 Å². The molecule has 5 rings (SSSR count). The van der Waals surface area contributed by atoms with Gasteiger partial charge in [0.25, 0.3) is 0 Å². The molecular weight excluding hydrogens is 316 g/mol. The van der Waals surface area contributed by atoms with Crippen LogP contribution in [0.2, 0.25) is 0 Å². The van der Waals surface area contributed by atoms with Gasteiger partial charge < -0.3 is 15.0 Å². The van der Waals surface area contributed by atoms with E-state index in [2.05, 4.69) is 11.4 Å². The summed E-state index contributed by atoms with van der Waals surface area (Å²) in [7, 11) is 1.87. The van der Waals surface area contributed by atoms with Crippen molar-refractivity contribution in [3.05, 3.63) is 41.7 Å². The quantitative estimate of drug-likeness (QED) is 0.848. The molecule has 0 aliphatic carbocycles. The highest BCUT2D eigenvalue weighted by atomic mass is 16.5. The highest BCUT2D eigenvalue weighted by Gasteiger charge is 2.63. The van der Waals surface area contributed by atoms with Gasteiger partial charge in [-0.25, -0.2) is 0 Å². The molecule has 2 fully saturated rings. The van der Waals surface area contributed by atoms with E-state index in [1.54, 1.807) is 18.1 Å². The molecule has 1 spiro atoms. The standard InChI is InChI=1S/C20H22N2O3/c1-11(23)13-9-25-10-14-12(13)7-18-20(8-16(14)21-18)15-5-3-4-6-17(15)22(2)19(20)24/h3-6,9,12,14,16,18,21H,7-8,10H2,1-2H3/t12-,14+,16-,18-,20+/m1/s1. The van der Waals surface area contributed by atoms with Crippen molar-refractivity contribution >= 4 is 17.4 Å². The van der Waals surface area contributed by atoms with Crippen LogP contribution in [0.15, 0.2) is 36.1 Å². The monoisotopic (exact) mass is 338 g/mol. The molecule has 5 atom stereocenters. The second-order valence-corrected chi connectivity index (χ2v) is 7.85. The molecule has 4 aliphatic rings. The number of anilines is 1. The van der Waals surface area contributed by atoms with Crippen molar-refractivity contribution in [1.82, 2.24) is 5.32 Å². The molecule has 1 N–H and O–H groups in total. The molecule has 5 nitrogen and oxygen atoms in total. The van der Waals surface area contributed by atoms with Crippen LogP contribution in [0.25, 0.3) is 0 Å². The summed E-state index contributed by atoms with van der Waals surface area (Å²) in [4.78, 5) is 27.2. The number of Topliss-reactive ketones (excluding diaryl/α,β-unsaturated/α-hetero) is 1. The van der Waals surface area contributed by atoms with Crippen LogP contribution in [0.5, 0.6) is 0 Å². The van der Waals surface area contributed by atoms with Gasteiger partial charge in [-0.3, -0.25) is 9.59 Å². The van der Waals surface area contributed by atoms with Crippen LogP contribution in [-0.4, -0.2) is 37.4 Å². The number of hydrogen-bond donors (Lipinski definition) is 1. The van der Waals surface area contributed by atoms with Crippen LogP contribution in [-0.2, 0) is 19.7 Å². The third-order valence-corrected chi connectivity index (χ3v) is 6.81. The maximum atomic E-state index is 13.3. The Kier molecular flexibility index (Phi) is 2.99. The molecule has 4 aliphatic heterocycles. The first-order valence-corrected chi connectivity index (χ1v) is 9.00. The van der Waals surface area contributed by atoms with Crippen LogP contribution in [0.4, 0.5) is 5.69 Å². The van der Waals surface area contributed by atoms with Crippen molar-refractivity contribution in [3.63, 3.8) is 0 Å². The third-order valence-electron chi connectivity index (χ3n) is 6.81. The number of para-hydroxylation sites is 1. The molecule has 5 heteroatoms. The Hall–Kier alpha value is -2.14. The van der Waals surface area contributed by atoms with Gasteiger partial charge in [-0.05, 0) is 37.3 Å². The van der Waals surface area contributed by atoms with Gasteiger partial charge in [0.1, 0.15) is 0 Å². The van der Waals surface area contributed by atoms with E-state index in [0.717, 1.165) is 29.7 Å². The average Bonchev–Trinajstić information content (AvgIpc) is 3.04. The Balaban J connectivity index is 1.61. The van der Waals surface area contributed by atoms with Crippen molar-refractivity contribution in [2.75, 3.05) is 18.6 Å². The normalized spacial score (nSPS) is 38.2. The second kappa shape index (κ2) is 4.94. The Bertz CT molecular complexity index is 817. The maximum absolute atomic E-state index is 13.3. The number of piperidine rings is 1. The molecule has 2 bridgehead atoms. The van der Waals surface area contributed by atoms with Gasteiger partial charge in [-0.15, -0.1) is 0 Å². The average molecular weight is 338 g/mol. The number of rotatable bonds is 1. The molecule has 1 amide bonds. The van der Waals surface area contributed by atoms with Gasteiger partial charge in [0.2, 0.25) is 5.91 Å². The van der Waals surface area contributed by atoms with E-state index in [-0.39, 0.29) is 35.6 Å². The van der Waals surface area contributed by atoms with E-state index in [9.17, 15) is 9.59 Å². The lowest BCUT2D eigenvalue weighted by atomic mass is 9.72. The molecule has 130 valence electrons. The van der Waals surface area contributed by atoms with Crippen molar-refractivity contribution in [3.8, 4) is 0 Å². The van der Waals surface area contributed by atoms with Gasteiger partial charge in [0, 0.05) is 36.3 Å². The first kappa shape index (κ1) is 15.1. The fourth-order valence-corrected chi connectivity index (χ4v) is 5.67. The van der Waals surface area contributed by atoms with Crippen molar-refractivity contribution < 1.29 is 14.3 Å². The summed E-state index contributed by atoms with van der Waals surface area (Å²) >= 11 is 0. The SMILES string of the molecule is CC(=O)C1=COC[C@H]2[C@@H]1C[C@H]1N[C@@H]2C[C@@]12C(=O)N(C)c1ccccc12. The summed E-state index contributed by atoms with van der Waals surface area (Å²) in [5.74, 6) is 0.708. The highest BCUT2D eigenvalue weighted by molar-refractivity contribution is 6.08. The van der Waals surface area contributed by atoms with Gasteiger partial charge in [0.15, 0.2) is 5.78 Å². The summed E-state index contributed by atoms with van der Waals surface area (Å²) in [6.07, 6.45) is 3.24. The number of carbonyl (C=O) groups is 2. The summed E-state index contributed by atoms with van der Waals surface area (Å²) < 4.78 is 5.61. The fraction of sp³-hybridized carbons (Fsp3) is 0.500. The van der Waals surface area contributed by atoms with Crippen molar-refractivity contribution in [1.29, 1.82) is 0 Å². The number of likely N-dealkylation sites (N-methyl/N-ethyl adjacent to an activating group) is 1. The molecule has 0 saturated carbocycles. The van der Waals surface area contributed by atoms with E-state index in [0.29, 0.717) is 6.61 Å². The molecule has 2 saturated heterocycles. The highest BCUT2D eigenvalue weighted by Crippen LogP contribution is 2.55. The number of nitrogens with one attached hydrogen (secondary N) is 1. The lowest BCUT2D eigenvalue weighted by Crippen LogP contribution is -2.53. The predicted molar refractivity (Wildman–Crippen MR) is 93.2 cm³/mol. The lowest BCUT2D eigenvalue weighted by molar-refractivity contribution is -0.123. The number of ketones is 1. The Morgan fingerprint density at radius 1 is 1.36 bits per heavy atom. The second-order valence-electron chi connectivity index (χ2n) is 7.85. The summed E-state index contributed by atoms with van der Waals surface area (Å²) in [6, 6.07) is 8.41. The zero-order valence-electron chi connectivity index (χ0n) is 14.5. The largest absolute Gasteiger partial charge is 0.500 e. The number of allylic oxidation sites excluding steroid dienone is 1. The van der Waals surface area contributed by atoms with Gasteiger partial charge in [-0.2, -0.15) is 0 Å². The van der Waals surface area contributed by atoms with Gasteiger partial charge in [0.05, 0.1) is 18.3 Å². The third kappa shape index (κ3) is 1.77. The minimum absolute atomic E-state index is 0.0678. The van der Waals surface area contributed by atoms with E-state index in [1.165, 1.54) is 0 Å². The summed E-state index contributed by atoms with van der Waals surface area (Å²) in [5, 5.41) is 3.71. The van der Waals surface area contributed by atoms with Crippen molar-refractivity contribution in [2.45, 2.75) is 37.3 Å². The summed E-state index contributed by atoms with van der Waals surface area (Å²) in [6.45, 7) is 2.23. The number of benzene rings is 1. The smallest absolute Gasteiger partial charge is 0.239 e. The topological polar surface area (TPSA) is 58.6 Å². The molecule has 25 heavy (non-hydrogen) atoms. The predicted octanol–water partition coefficient (Wildman–Crippen LogP) is 1.77. The fourth-order valence-electron chi connectivity index (χ4n) is 5.67. The molecule has 1 aromatic carbocycles. The lowest BCUT2D eigenvalue weighted by Gasteiger charge is -2.41. The number of amides is 1. The van der Waals surface area contributed by atoms with E-state index >= 15 is 0 Å². The molecule has 0 radical (unpaired) electrons. The Labute approximate surface area is 147 Å². The minimum Gasteiger partial charge on any atom is -0.500 e. The van der Waals surface area contributed by atoms with Crippen LogP contribution >= 0.6 is 0 Å². The number of ether oxygens (including phenoxy) is 1. The van der Waals surface area contributed by atoms with Crippen molar-refractivity contribution in [2.24, 2.45) is 11.8 Å². The summed E-state index contributed by atoms with van der Waals surface area (Å²) in [5.41, 5.74) is 2.44. The molecular formula is C20H22N2O3. The minimum atomic E-state index is -0.505. The zero-order valence-corrected chi connectivity index (χ0v) is 14.5. The Morgan fingerprint density at radius 2 is 2.16 bits per heavy atom. The van der Waals surface area contributed by atoms with Crippen LogP contribution in [0, 0.1) is 11.8 Å². The van der Waals surface area contributed by atoms with Crippen LogP contribution in [0.1, 0.15) is 25.3 Å². The number of hydrogen-bond acceptors (Lipinski definition) is 4. The van der Waals surface area contributed by atoms with Gasteiger partial charge >= 0.3 is 0 Å². The molecule has 1 aromatic rings. The first-order chi connectivity index (χ1) is 12.0. The molecule has 0 aromatic heterocycles.